The predicted molar refractivity (Wildman–Crippen MR) is 119 cm³/mol. The van der Waals surface area contributed by atoms with E-state index in [-0.39, 0.29) is 11.8 Å². The molecule has 0 unspecified atom stereocenters. The van der Waals surface area contributed by atoms with Crippen LogP contribution in [0.15, 0.2) is 48.5 Å². The monoisotopic (exact) mass is 407 g/mol. The van der Waals surface area contributed by atoms with E-state index in [4.69, 9.17) is 0 Å². The van der Waals surface area contributed by atoms with Crippen LogP contribution in [0.1, 0.15) is 20.8 Å². The number of benzene rings is 2. The number of piperazine rings is 1. The van der Waals surface area contributed by atoms with E-state index >= 15 is 0 Å². The average molecular weight is 408 g/mol. The smallest absolute Gasteiger partial charge is 0.264 e. The lowest BCUT2D eigenvalue weighted by Gasteiger charge is -2.34. The minimum atomic E-state index is -0.0111. The quantitative estimate of drug-likeness (QED) is 0.713. The molecule has 6 heteroatoms. The van der Waals surface area contributed by atoms with Crippen molar-refractivity contribution in [1.29, 1.82) is 0 Å². The Morgan fingerprint density at radius 2 is 1.76 bits per heavy atom. The van der Waals surface area contributed by atoms with Gasteiger partial charge in [0.2, 0.25) is 5.91 Å². The summed E-state index contributed by atoms with van der Waals surface area (Å²) in [4.78, 5) is 30.1. The van der Waals surface area contributed by atoms with Crippen LogP contribution in [0.5, 0.6) is 0 Å². The van der Waals surface area contributed by atoms with Crippen molar-refractivity contribution >= 4 is 38.9 Å². The highest BCUT2D eigenvalue weighted by atomic mass is 32.1. The van der Waals surface area contributed by atoms with Crippen LogP contribution in [0.3, 0.4) is 0 Å². The van der Waals surface area contributed by atoms with Gasteiger partial charge in [-0.15, -0.1) is 11.3 Å². The molecule has 1 saturated heterocycles. The highest BCUT2D eigenvalue weighted by molar-refractivity contribution is 7.20. The molecule has 1 N–H and O–H groups in total. The number of nitrogens with zero attached hydrogens (tertiary/aromatic N) is 2. The van der Waals surface area contributed by atoms with Gasteiger partial charge in [0.05, 0.1) is 11.4 Å². The number of hydrogen-bond donors (Lipinski definition) is 1. The fourth-order valence-electron chi connectivity index (χ4n) is 3.63. The zero-order chi connectivity index (χ0) is 20.4. The lowest BCUT2D eigenvalue weighted by Crippen LogP contribution is -2.50. The maximum absolute atomic E-state index is 12.8. The first kappa shape index (κ1) is 19.6. The van der Waals surface area contributed by atoms with E-state index in [2.05, 4.69) is 10.2 Å². The van der Waals surface area contributed by atoms with Crippen molar-refractivity contribution in [3.8, 4) is 0 Å². The number of carbonyl (C=O) groups is 2. The lowest BCUT2D eigenvalue weighted by molar-refractivity contribution is -0.117. The van der Waals surface area contributed by atoms with E-state index in [1.54, 1.807) is 11.3 Å². The summed E-state index contributed by atoms with van der Waals surface area (Å²) in [5.41, 5.74) is 3.13. The first-order valence-electron chi connectivity index (χ1n) is 9.87. The maximum Gasteiger partial charge on any atom is 0.264 e. The topological polar surface area (TPSA) is 52.7 Å². The van der Waals surface area contributed by atoms with Gasteiger partial charge in [-0.25, -0.2) is 0 Å². The van der Waals surface area contributed by atoms with Crippen LogP contribution in [-0.4, -0.2) is 54.3 Å². The lowest BCUT2D eigenvalue weighted by atomic mass is 10.1. The second-order valence-electron chi connectivity index (χ2n) is 7.51. The van der Waals surface area contributed by atoms with Crippen LogP contribution >= 0.6 is 11.3 Å². The molecule has 150 valence electrons. The Bertz CT molecular complexity index is 1020. The second-order valence-corrected chi connectivity index (χ2v) is 8.60. The minimum absolute atomic E-state index is 0.0111. The Hall–Kier alpha value is -2.70. The number of amides is 2. The number of anilines is 1. The van der Waals surface area contributed by atoms with Crippen LogP contribution in [0.25, 0.3) is 10.1 Å². The summed E-state index contributed by atoms with van der Waals surface area (Å²) in [6.07, 6.45) is 0. The number of aryl methyl sites for hydroxylation is 1. The van der Waals surface area contributed by atoms with Crippen molar-refractivity contribution in [2.24, 2.45) is 0 Å². The molecule has 29 heavy (non-hydrogen) atoms. The maximum atomic E-state index is 12.8. The van der Waals surface area contributed by atoms with Crippen LogP contribution < -0.4 is 5.32 Å². The summed E-state index contributed by atoms with van der Waals surface area (Å²) in [5.74, 6) is 0.0775. The average Bonchev–Trinajstić information content (AvgIpc) is 3.16. The molecule has 1 aliphatic heterocycles. The van der Waals surface area contributed by atoms with E-state index in [9.17, 15) is 9.59 Å². The van der Waals surface area contributed by atoms with Gasteiger partial charge >= 0.3 is 0 Å². The van der Waals surface area contributed by atoms with Crippen LogP contribution in [0.4, 0.5) is 5.69 Å². The van der Waals surface area contributed by atoms with Gasteiger partial charge in [-0.2, -0.15) is 0 Å². The standard InChI is InChI=1S/C23H25N3O2S/c1-16-6-5-8-19(17(16)2)24-22(27)15-25-10-12-26(13-11-25)23(28)21-14-18-7-3-4-9-20(18)29-21/h3-9,14H,10-13,15H2,1-2H3,(H,24,27). The molecule has 0 saturated carbocycles. The largest absolute Gasteiger partial charge is 0.335 e. The van der Waals surface area contributed by atoms with Crippen molar-refractivity contribution < 1.29 is 9.59 Å². The molecule has 0 spiro atoms. The fraction of sp³-hybridized carbons (Fsp3) is 0.304. The highest BCUT2D eigenvalue weighted by Gasteiger charge is 2.24. The van der Waals surface area contributed by atoms with Gasteiger partial charge in [0, 0.05) is 36.6 Å². The Labute approximate surface area is 174 Å². The molecular formula is C23H25N3O2S. The normalized spacial score (nSPS) is 14.9. The van der Waals surface area contributed by atoms with Crippen molar-refractivity contribution in [3.05, 3.63) is 64.5 Å². The molecule has 0 radical (unpaired) electrons. The SMILES string of the molecule is Cc1cccc(NC(=O)CN2CCN(C(=O)c3cc4ccccc4s3)CC2)c1C. The number of hydrogen-bond acceptors (Lipinski definition) is 4. The predicted octanol–water partition coefficient (Wildman–Crippen LogP) is 3.91. The molecule has 0 aliphatic carbocycles. The number of carbonyl (C=O) groups excluding carboxylic acids is 2. The summed E-state index contributed by atoms with van der Waals surface area (Å²) >= 11 is 1.55. The molecule has 2 amide bonds. The second kappa shape index (κ2) is 8.35. The molecule has 4 rings (SSSR count). The molecule has 1 aromatic heterocycles. The zero-order valence-electron chi connectivity index (χ0n) is 16.8. The van der Waals surface area contributed by atoms with Crippen molar-refractivity contribution in [3.63, 3.8) is 0 Å². The highest BCUT2D eigenvalue weighted by Crippen LogP contribution is 2.26. The minimum Gasteiger partial charge on any atom is -0.335 e. The molecule has 2 aromatic carbocycles. The summed E-state index contributed by atoms with van der Waals surface area (Å²) in [6, 6.07) is 16.0. The third-order valence-electron chi connectivity index (χ3n) is 5.54. The number of thiophene rings is 1. The fourth-order valence-corrected chi connectivity index (χ4v) is 4.66. The molecule has 5 nitrogen and oxygen atoms in total. The van der Waals surface area contributed by atoms with Crippen LogP contribution in [0.2, 0.25) is 0 Å². The number of rotatable bonds is 4. The van der Waals surface area contributed by atoms with Gasteiger partial charge in [0.25, 0.3) is 5.91 Å². The molecule has 1 aliphatic rings. The van der Waals surface area contributed by atoms with Gasteiger partial charge in [-0.05, 0) is 48.6 Å². The molecule has 0 bridgehead atoms. The van der Waals surface area contributed by atoms with Crippen LogP contribution in [0, 0.1) is 13.8 Å². The van der Waals surface area contributed by atoms with Gasteiger partial charge in [0.1, 0.15) is 0 Å². The first-order chi connectivity index (χ1) is 14.0. The number of fused-ring (bicyclic) bond motifs is 1. The van der Waals surface area contributed by atoms with E-state index in [1.165, 1.54) is 0 Å². The molecule has 0 atom stereocenters. The third kappa shape index (κ3) is 4.33. The Morgan fingerprint density at radius 1 is 1.00 bits per heavy atom. The van der Waals surface area contributed by atoms with Crippen LogP contribution in [-0.2, 0) is 4.79 Å². The first-order valence-corrected chi connectivity index (χ1v) is 10.7. The summed E-state index contributed by atoms with van der Waals surface area (Å²) in [5, 5.41) is 4.13. The Kier molecular flexibility index (Phi) is 5.65. The Morgan fingerprint density at radius 3 is 2.52 bits per heavy atom. The van der Waals surface area contributed by atoms with Crippen molar-refractivity contribution in [2.75, 3.05) is 38.0 Å². The van der Waals surface area contributed by atoms with E-state index in [0.29, 0.717) is 32.7 Å². The summed E-state index contributed by atoms with van der Waals surface area (Å²) < 4.78 is 1.14. The van der Waals surface area contributed by atoms with Gasteiger partial charge in [-0.1, -0.05) is 30.3 Å². The van der Waals surface area contributed by atoms with Gasteiger partial charge < -0.3 is 10.2 Å². The molecular weight excluding hydrogens is 382 g/mol. The van der Waals surface area contributed by atoms with Gasteiger partial charge in [-0.3, -0.25) is 14.5 Å². The Balaban J connectivity index is 1.31. The number of nitrogens with one attached hydrogen (secondary N) is 1. The molecule has 1 fully saturated rings. The summed E-state index contributed by atoms with van der Waals surface area (Å²) in [7, 11) is 0. The van der Waals surface area contributed by atoms with E-state index in [0.717, 1.165) is 31.8 Å². The zero-order valence-corrected chi connectivity index (χ0v) is 17.6. The molecule has 2 heterocycles. The van der Waals surface area contributed by atoms with Gasteiger partial charge in [0.15, 0.2) is 0 Å². The third-order valence-corrected chi connectivity index (χ3v) is 6.65. The van der Waals surface area contributed by atoms with Crippen molar-refractivity contribution in [1.82, 2.24) is 9.80 Å². The van der Waals surface area contributed by atoms with E-state index in [1.807, 2.05) is 67.3 Å². The van der Waals surface area contributed by atoms with E-state index < -0.39 is 0 Å². The molecule has 3 aromatic rings. The van der Waals surface area contributed by atoms with Crippen molar-refractivity contribution in [2.45, 2.75) is 13.8 Å². The summed E-state index contributed by atoms with van der Waals surface area (Å²) in [6.45, 7) is 7.10.